The normalized spacial score (nSPS) is 12.3. The lowest BCUT2D eigenvalue weighted by atomic mass is 9.80. The minimum Gasteiger partial charge on any atom is -0.495 e. The number of benzene rings is 1. The molecule has 1 aromatic carbocycles. The largest absolute Gasteiger partial charge is 0.495 e. The van der Waals surface area contributed by atoms with Crippen molar-refractivity contribution in [3.05, 3.63) is 28.3 Å². The first-order valence-electron chi connectivity index (χ1n) is 5.66. The van der Waals surface area contributed by atoms with Gasteiger partial charge in [0.1, 0.15) is 5.75 Å². The van der Waals surface area contributed by atoms with Gasteiger partial charge >= 0.3 is 12.1 Å². The Bertz CT molecular complexity index is 524. The van der Waals surface area contributed by atoms with Crippen LogP contribution in [0.4, 0.5) is 13.2 Å². The fourth-order valence-corrected chi connectivity index (χ4v) is 2.24. The molecule has 0 amide bonds. The summed E-state index contributed by atoms with van der Waals surface area (Å²) in [5.41, 5.74) is -1.87. The molecule has 7 heteroatoms. The molecular weight excluding hydrogens is 297 g/mol. The van der Waals surface area contributed by atoms with Crippen molar-refractivity contribution < 1.29 is 27.8 Å². The monoisotopic (exact) mass is 310 g/mol. The van der Waals surface area contributed by atoms with Gasteiger partial charge in [0.25, 0.3) is 0 Å². The number of alkyl halides is 3. The number of halogens is 4. The van der Waals surface area contributed by atoms with Crippen molar-refractivity contribution in [1.29, 1.82) is 0 Å². The molecular formula is C13H14ClF3O3. The molecule has 0 unspecified atom stereocenters. The standard InChI is InChI=1S/C13H14ClF3O3/c1-12(2,6-10(18)19)8-4-7(13(15,16)17)5-9(14)11(8)20-3/h4-5H,6H2,1-3H3,(H,18,19). The number of ether oxygens (including phenoxy) is 1. The molecule has 0 spiro atoms. The summed E-state index contributed by atoms with van der Waals surface area (Å²) >= 11 is 5.81. The first-order valence-corrected chi connectivity index (χ1v) is 6.04. The molecule has 0 saturated heterocycles. The van der Waals surface area contributed by atoms with Gasteiger partial charge in [-0.25, -0.2) is 0 Å². The van der Waals surface area contributed by atoms with E-state index in [1.54, 1.807) is 0 Å². The van der Waals surface area contributed by atoms with E-state index in [1.807, 2.05) is 0 Å². The van der Waals surface area contributed by atoms with Crippen LogP contribution in [0.15, 0.2) is 12.1 Å². The highest BCUT2D eigenvalue weighted by molar-refractivity contribution is 6.32. The Morgan fingerprint density at radius 2 is 1.90 bits per heavy atom. The van der Waals surface area contributed by atoms with E-state index in [-0.39, 0.29) is 22.8 Å². The Balaban J connectivity index is 3.50. The van der Waals surface area contributed by atoms with E-state index < -0.39 is 23.1 Å². The fraction of sp³-hybridized carbons (Fsp3) is 0.462. The third-order valence-corrected chi connectivity index (χ3v) is 3.18. The first kappa shape index (κ1) is 16.6. The Hall–Kier alpha value is -1.43. The van der Waals surface area contributed by atoms with Crippen molar-refractivity contribution in [2.24, 2.45) is 0 Å². The number of carbonyl (C=O) groups is 1. The maximum absolute atomic E-state index is 12.8. The zero-order chi connectivity index (χ0) is 15.7. The third-order valence-electron chi connectivity index (χ3n) is 2.90. The molecule has 0 aliphatic rings. The van der Waals surface area contributed by atoms with E-state index in [1.165, 1.54) is 21.0 Å². The number of aliphatic carboxylic acids is 1. The van der Waals surface area contributed by atoms with Gasteiger partial charge in [0.2, 0.25) is 0 Å². The van der Waals surface area contributed by atoms with Crippen LogP contribution in [0.25, 0.3) is 0 Å². The van der Waals surface area contributed by atoms with Gasteiger partial charge in [-0.1, -0.05) is 25.4 Å². The SMILES string of the molecule is COc1c(Cl)cc(C(F)(F)F)cc1C(C)(C)CC(=O)O. The Morgan fingerprint density at radius 3 is 2.30 bits per heavy atom. The van der Waals surface area contributed by atoms with Crippen molar-refractivity contribution in [3.63, 3.8) is 0 Å². The van der Waals surface area contributed by atoms with Crippen molar-refractivity contribution >= 4 is 17.6 Å². The molecule has 0 aliphatic carbocycles. The van der Waals surface area contributed by atoms with Crippen molar-refractivity contribution in [2.75, 3.05) is 7.11 Å². The molecule has 0 radical (unpaired) electrons. The maximum Gasteiger partial charge on any atom is 0.416 e. The van der Waals surface area contributed by atoms with Crippen LogP contribution >= 0.6 is 11.6 Å². The molecule has 0 heterocycles. The summed E-state index contributed by atoms with van der Waals surface area (Å²) in [4.78, 5) is 10.9. The van der Waals surface area contributed by atoms with Crippen molar-refractivity contribution in [2.45, 2.75) is 31.9 Å². The lowest BCUT2D eigenvalue weighted by Crippen LogP contribution is -2.23. The van der Waals surface area contributed by atoms with Crippen LogP contribution in [0.3, 0.4) is 0 Å². The molecule has 1 aromatic rings. The predicted octanol–water partition coefficient (Wildman–Crippen LogP) is 4.12. The number of hydrogen-bond acceptors (Lipinski definition) is 2. The lowest BCUT2D eigenvalue weighted by Gasteiger charge is -2.27. The Kier molecular flexibility index (Phi) is 4.59. The minimum absolute atomic E-state index is 0.0610. The van der Waals surface area contributed by atoms with Crippen molar-refractivity contribution in [3.8, 4) is 5.75 Å². The highest BCUT2D eigenvalue weighted by Crippen LogP contribution is 2.43. The van der Waals surface area contributed by atoms with Crippen LogP contribution in [-0.2, 0) is 16.4 Å². The first-order chi connectivity index (χ1) is 8.99. The highest BCUT2D eigenvalue weighted by atomic mass is 35.5. The molecule has 0 aliphatic heterocycles. The topological polar surface area (TPSA) is 46.5 Å². The second kappa shape index (κ2) is 5.52. The molecule has 0 aromatic heterocycles. The van der Waals surface area contributed by atoms with Gasteiger partial charge in [0.15, 0.2) is 0 Å². The Morgan fingerprint density at radius 1 is 1.35 bits per heavy atom. The fourth-order valence-electron chi connectivity index (χ4n) is 1.94. The van der Waals surface area contributed by atoms with E-state index in [0.717, 1.165) is 12.1 Å². The summed E-state index contributed by atoms with van der Waals surface area (Å²) in [5.74, 6) is -1.06. The van der Waals surface area contributed by atoms with Crippen LogP contribution in [-0.4, -0.2) is 18.2 Å². The summed E-state index contributed by atoms with van der Waals surface area (Å²) in [6.45, 7) is 3.05. The van der Waals surface area contributed by atoms with Gasteiger partial charge in [-0.15, -0.1) is 0 Å². The molecule has 3 nitrogen and oxygen atoms in total. The van der Waals surface area contributed by atoms with E-state index in [9.17, 15) is 18.0 Å². The van der Waals surface area contributed by atoms with Gasteiger partial charge in [-0.3, -0.25) is 4.79 Å². The maximum atomic E-state index is 12.8. The summed E-state index contributed by atoms with van der Waals surface area (Å²) in [7, 11) is 1.27. The summed E-state index contributed by atoms with van der Waals surface area (Å²) in [6.07, 6.45) is -4.91. The van der Waals surface area contributed by atoms with Gasteiger partial charge in [-0.05, 0) is 12.1 Å². The minimum atomic E-state index is -4.57. The second-order valence-electron chi connectivity index (χ2n) is 4.99. The molecule has 0 bridgehead atoms. The number of hydrogen-bond donors (Lipinski definition) is 1. The van der Waals surface area contributed by atoms with Crippen LogP contribution in [0.5, 0.6) is 5.75 Å². The molecule has 1 rings (SSSR count). The van der Waals surface area contributed by atoms with E-state index in [2.05, 4.69) is 0 Å². The lowest BCUT2D eigenvalue weighted by molar-refractivity contribution is -0.138. The average molecular weight is 311 g/mol. The summed E-state index contributed by atoms with van der Waals surface area (Å²) < 4.78 is 43.5. The molecule has 0 fully saturated rings. The average Bonchev–Trinajstić information content (AvgIpc) is 2.24. The van der Waals surface area contributed by atoms with Crippen LogP contribution in [0.2, 0.25) is 5.02 Å². The highest BCUT2D eigenvalue weighted by Gasteiger charge is 2.36. The summed E-state index contributed by atoms with van der Waals surface area (Å²) in [5, 5.41) is 8.68. The number of rotatable bonds is 4. The number of carboxylic acids is 1. The van der Waals surface area contributed by atoms with Gasteiger partial charge in [0.05, 0.1) is 24.1 Å². The molecule has 0 saturated carbocycles. The zero-order valence-corrected chi connectivity index (χ0v) is 11.9. The molecule has 1 N–H and O–H groups in total. The van der Waals surface area contributed by atoms with Crippen LogP contribution < -0.4 is 4.74 Å². The quantitative estimate of drug-likeness (QED) is 0.910. The third kappa shape index (κ3) is 3.56. The van der Waals surface area contributed by atoms with E-state index >= 15 is 0 Å². The number of methoxy groups -OCH3 is 1. The van der Waals surface area contributed by atoms with Crippen LogP contribution in [0.1, 0.15) is 31.4 Å². The van der Waals surface area contributed by atoms with Gasteiger partial charge < -0.3 is 9.84 Å². The molecule has 112 valence electrons. The predicted molar refractivity (Wildman–Crippen MR) is 68.3 cm³/mol. The van der Waals surface area contributed by atoms with Crippen molar-refractivity contribution in [1.82, 2.24) is 0 Å². The second-order valence-corrected chi connectivity index (χ2v) is 5.40. The van der Waals surface area contributed by atoms with E-state index in [0.29, 0.717) is 0 Å². The smallest absolute Gasteiger partial charge is 0.416 e. The molecule has 20 heavy (non-hydrogen) atoms. The number of carboxylic acid groups (broad SMARTS) is 1. The van der Waals surface area contributed by atoms with Crippen LogP contribution in [0, 0.1) is 0 Å². The zero-order valence-electron chi connectivity index (χ0n) is 11.1. The van der Waals surface area contributed by atoms with E-state index in [4.69, 9.17) is 21.4 Å². The summed E-state index contributed by atoms with van der Waals surface area (Å²) in [6, 6.07) is 1.65. The van der Waals surface area contributed by atoms with Gasteiger partial charge in [-0.2, -0.15) is 13.2 Å². The Labute approximate surface area is 119 Å². The molecule has 0 atom stereocenters. The van der Waals surface area contributed by atoms with Gasteiger partial charge in [0, 0.05) is 11.0 Å².